The van der Waals surface area contributed by atoms with Crippen LogP contribution in [-0.2, 0) is 16.0 Å². The monoisotopic (exact) mass is 324 g/mol. The van der Waals surface area contributed by atoms with Gasteiger partial charge in [-0.2, -0.15) is 0 Å². The van der Waals surface area contributed by atoms with Gasteiger partial charge in [0.05, 0.1) is 20.6 Å². The van der Waals surface area contributed by atoms with Crippen LogP contribution in [0.15, 0.2) is 18.2 Å². The Kier molecular flexibility index (Phi) is 4.92. The molecule has 0 amide bonds. The minimum atomic E-state index is -0.518. The molecular formula is C15H14ClFN2O3. The molecule has 0 bridgehead atoms. The molecular weight excluding hydrogens is 311 g/mol. The minimum Gasteiger partial charge on any atom is -0.494 e. The fraction of sp³-hybridized carbons (Fsp3) is 0.267. The molecule has 5 nitrogen and oxygen atoms in total. The normalized spacial score (nSPS) is 10.4. The highest BCUT2D eigenvalue weighted by Crippen LogP contribution is 2.26. The number of esters is 1. The summed E-state index contributed by atoms with van der Waals surface area (Å²) in [6.45, 7) is 1.70. The van der Waals surface area contributed by atoms with Gasteiger partial charge in [-0.05, 0) is 25.1 Å². The predicted molar refractivity (Wildman–Crippen MR) is 79.4 cm³/mol. The van der Waals surface area contributed by atoms with Crippen LogP contribution in [0.1, 0.15) is 11.3 Å². The van der Waals surface area contributed by atoms with E-state index in [1.807, 2.05) is 0 Å². The summed E-state index contributed by atoms with van der Waals surface area (Å²) in [7, 11) is 2.68. The van der Waals surface area contributed by atoms with Crippen LogP contribution in [0.25, 0.3) is 11.4 Å². The summed E-state index contributed by atoms with van der Waals surface area (Å²) in [6, 6.07) is 4.39. The largest absolute Gasteiger partial charge is 0.494 e. The molecule has 116 valence electrons. The van der Waals surface area contributed by atoms with Crippen LogP contribution in [-0.4, -0.2) is 30.2 Å². The molecule has 0 spiro atoms. The number of rotatable bonds is 4. The number of methoxy groups -OCH3 is 2. The number of benzene rings is 1. The van der Waals surface area contributed by atoms with Crippen LogP contribution in [0.2, 0.25) is 5.15 Å². The van der Waals surface area contributed by atoms with Crippen molar-refractivity contribution in [3.8, 4) is 17.1 Å². The van der Waals surface area contributed by atoms with Gasteiger partial charge in [-0.15, -0.1) is 0 Å². The van der Waals surface area contributed by atoms with E-state index >= 15 is 0 Å². The van der Waals surface area contributed by atoms with Gasteiger partial charge in [-0.1, -0.05) is 11.6 Å². The minimum absolute atomic E-state index is 0.0155. The van der Waals surface area contributed by atoms with Crippen molar-refractivity contribution in [3.05, 3.63) is 40.4 Å². The Hall–Kier alpha value is -2.21. The maximum Gasteiger partial charge on any atom is 0.310 e. The van der Waals surface area contributed by atoms with E-state index in [-0.39, 0.29) is 23.1 Å². The molecule has 7 heteroatoms. The molecule has 0 aliphatic heterocycles. The van der Waals surface area contributed by atoms with Gasteiger partial charge < -0.3 is 9.47 Å². The van der Waals surface area contributed by atoms with Crippen LogP contribution in [0, 0.1) is 12.7 Å². The summed E-state index contributed by atoms with van der Waals surface area (Å²) in [5.41, 5.74) is 1.50. The second kappa shape index (κ2) is 6.70. The van der Waals surface area contributed by atoms with Gasteiger partial charge in [0.25, 0.3) is 0 Å². The number of halogens is 2. The second-order valence-corrected chi connectivity index (χ2v) is 4.86. The maximum absolute atomic E-state index is 13.8. The third-order valence-corrected chi connectivity index (χ3v) is 3.43. The van der Waals surface area contributed by atoms with E-state index in [1.165, 1.54) is 26.4 Å². The van der Waals surface area contributed by atoms with Crippen molar-refractivity contribution in [2.75, 3.05) is 14.2 Å². The van der Waals surface area contributed by atoms with E-state index in [0.717, 1.165) is 0 Å². The quantitative estimate of drug-likeness (QED) is 0.639. The van der Waals surface area contributed by atoms with E-state index in [2.05, 4.69) is 14.7 Å². The molecule has 0 radical (unpaired) electrons. The van der Waals surface area contributed by atoms with E-state index in [1.54, 1.807) is 13.0 Å². The molecule has 0 saturated heterocycles. The first-order chi connectivity index (χ1) is 10.5. The van der Waals surface area contributed by atoms with Crippen molar-refractivity contribution < 1.29 is 18.7 Å². The maximum atomic E-state index is 13.8. The number of aryl methyl sites for hydroxylation is 1. The zero-order valence-corrected chi connectivity index (χ0v) is 13.1. The number of carbonyl (C=O) groups excluding carboxylic acids is 1. The molecule has 0 aliphatic carbocycles. The number of aromatic nitrogens is 2. The first-order valence-corrected chi connectivity index (χ1v) is 6.77. The zero-order chi connectivity index (χ0) is 16.3. The topological polar surface area (TPSA) is 61.3 Å². The molecule has 1 aromatic heterocycles. The summed E-state index contributed by atoms with van der Waals surface area (Å²) in [5, 5.41) is 0.143. The van der Waals surface area contributed by atoms with Crippen LogP contribution in [0.4, 0.5) is 4.39 Å². The molecule has 0 aliphatic rings. The van der Waals surface area contributed by atoms with Gasteiger partial charge in [-0.3, -0.25) is 4.79 Å². The van der Waals surface area contributed by atoms with E-state index in [9.17, 15) is 9.18 Å². The number of hydrogen-bond donors (Lipinski definition) is 0. The first kappa shape index (κ1) is 16.2. The fourth-order valence-electron chi connectivity index (χ4n) is 1.91. The number of nitrogens with zero attached hydrogens (tertiary/aromatic N) is 2. The van der Waals surface area contributed by atoms with Crippen LogP contribution < -0.4 is 4.74 Å². The molecule has 22 heavy (non-hydrogen) atoms. The third-order valence-electron chi connectivity index (χ3n) is 3.12. The van der Waals surface area contributed by atoms with Gasteiger partial charge in [0.1, 0.15) is 5.15 Å². The zero-order valence-electron chi connectivity index (χ0n) is 12.3. The Morgan fingerprint density at radius 2 is 2.05 bits per heavy atom. The lowest BCUT2D eigenvalue weighted by atomic mass is 10.1. The Morgan fingerprint density at radius 3 is 2.59 bits per heavy atom. The highest BCUT2D eigenvalue weighted by molar-refractivity contribution is 6.30. The van der Waals surface area contributed by atoms with Gasteiger partial charge >= 0.3 is 5.97 Å². The van der Waals surface area contributed by atoms with Crippen LogP contribution >= 0.6 is 11.6 Å². The number of carbonyl (C=O) groups is 1. The molecule has 2 rings (SSSR count). The van der Waals surface area contributed by atoms with Crippen molar-refractivity contribution in [1.82, 2.24) is 9.97 Å². The van der Waals surface area contributed by atoms with Crippen LogP contribution in [0.5, 0.6) is 5.75 Å². The second-order valence-electron chi connectivity index (χ2n) is 4.50. The molecule has 0 atom stereocenters. The van der Waals surface area contributed by atoms with Crippen LogP contribution in [0.3, 0.4) is 0 Å². The van der Waals surface area contributed by atoms with Gasteiger partial charge in [0.2, 0.25) is 0 Å². The summed E-state index contributed by atoms with van der Waals surface area (Å²) in [4.78, 5) is 19.8. The first-order valence-electron chi connectivity index (χ1n) is 6.40. The molecule has 0 fully saturated rings. The average molecular weight is 325 g/mol. The van der Waals surface area contributed by atoms with Gasteiger partial charge in [-0.25, -0.2) is 14.4 Å². The summed E-state index contributed by atoms with van der Waals surface area (Å²) < 4.78 is 23.2. The molecule has 2 aromatic rings. The lowest BCUT2D eigenvalue weighted by molar-refractivity contribution is -0.139. The standard InChI is InChI=1S/C15H14ClFN2O3/c1-8-10(7-13(20)22-3)14(16)19-15(18-8)9-4-5-12(21-2)11(17)6-9/h4-6H,7H2,1-3H3. The van der Waals surface area contributed by atoms with E-state index in [4.69, 9.17) is 16.3 Å². The Labute approximate surface area is 132 Å². The highest BCUT2D eigenvalue weighted by atomic mass is 35.5. The highest BCUT2D eigenvalue weighted by Gasteiger charge is 2.16. The van der Waals surface area contributed by atoms with Crippen molar-refractivity contribution in [2.45, 2.75) is 13.3 Å². The molecule has 0 unspecified atom stereocenters. The number of ether oxygens (including phenoxy) is 2. The Balaban J connectivity index is 2.41. The summed E-state index contributed by atoms with van der Waals surface area (Å²) in [5.74, 6) is -0.542. The summed E-state index contributed by atoms with van der Waals surface area (Å²) in [6.07, 6.45) is -0.0155. The van der Waals surface area contributed by atoms with Crippen molar-refractivity contribution >= 4 is 17.6 Å². The van der Waals surface area contributed by atoms with Crippen molar-refractivity contribution in [2.24, 2.45) is 0 Å². The summed E-state index contributed by atoms with van der Waals surface area (Å²) >= 11 is 6.11. The molecule has 0 saturated carbocycles. The Morgan fingerprint density at radius 1 is 1.32 bits per heavy atom. The average Bonchev–Trinajstić information content (AvgIpc) is 2.50. The van der Waals surface area contributed by atoms with Crippen molar-refractivity contribution in [1.29, 1.82) is 0 Å². The Bertz CT molecular complexity index is 699. The van der Waals surface area contributed by atoms with Gasteiger partial charge in [0.15, 0.2) is 17.4 Å². The molecule has 1 heterocycles. The fourth-order valence-corrected chi connectivity index (χ4v) is 2.20. The molecule has 0 N–H and O–H groups in total. The predicted octanol–water partition coefficient (Wildman–Crippen LogP) is 2.97. The van der Waals surface area contributed by atoms with Crippen molar-refractivity contribution in [3.63, 3.8) is 0 Å². The van der Waals surface area contributed by atoms with Gasteiger partial charge in [0, 0.05) is 16.8 Å². The SMILES string of the molecule is COC(=O)Cc1c(C)nc(-c2ccc(OC)c(F)c2)nc1Cl. The lowest BCUT2D eigenvalue weighted by Gasteiger charge is -2.09. The lowest BCUT2D eigenvalue weighted by Crippen LogP contribution is -2.09. The van der Waals surface area contributed by atoms with E-state index in [0.29, 0.717) is 16.8 Å². The third kappa shape index (κ3) is 3.33. The number of hydrogen-bond acceptors (Lipinski definition) is 5. The van der Waals surface area contributed by atoms with E-state index < -0.39 is 11.8 Å². The smallest absolute Gasteiger partial charge is 0.310 e. The molecule has 1 aromatic carbocycles.